The second-order valence-electron chi connectivity index (χ2n) is 4.70. The molecule has 2 rings (SSSR count). The van der Waals surface area contributed by atoms with Crippen LogP contribution < -0.4 is 10.3 Å². The van der Waals surface area contributed by atoms with Gasteiger partial charge >= 0.3 is 0 Å². The zero-order chi connectivity index (χ0) is 16.3. The fourth-order valence-electron chi connectivity index (χ4n) is 1.83. The highest BCUT2D eigenvalue weighted by Crippen LogP contribution is 2.14. The van der Waals surface area contributed by atoms with Gasteiger partial charge in [-0.05, 0) is 38.1 Å². The summed E-state index contributed by atoms with van der Waals surface area (Å²) in [6.07, 6.45) is 0. The van der Waals surface area contributed by atoms with Gasteiger partial charge in [-0.1, -0.05) is 17.7 Å². The van der Waals surface area contributed by atoms with Crippen molar-refractivity contribution in [2.24, 2.45) is 0 Å². The van der Waals surface area contributed by atoms with Crippen LogP contribution >= 0.6 is 11.6 Å². The summed E-state index contributed by atoms with van der Waals surface area (Å²) in [5.74, 6) is -0.531. The third-order valence-electron chi connectivity index (χ3n) is 2.83. The molecule has 9 heteroatoms. The highest BCUT2D eigenvalue weighted by atomic mass is 35.5. The van der Waals surface area contributed by atoms with Crippen molar-refractivity contribution in [2.75, 3.05) is 0 Å². The Bertz CT molecular complexity index is 801. The van der Waals surface area contributed by atoms with Gasteiger partial charge < -0.3 is 0 Å². The Kier molecular flexibility index (Phi) is 4.84. The number of aryl methyl sites for hydroxylation is 2. The second-order valence-corrected chi connectivity index (χ2v) is 6.81. The van der Waals surface area contributed by atoms with Crippen LogP contribution in [0.25, 0.3) is 0 Å². The van der Waals surface area contributed by atoms with E-state index in [1.165, 1.54) is 22.9 Å². The smallest absolute Gasteiger partial charge is 0.257 e. The first-order chi connectivity index (χ1) is 10.3. The molecule has 0 saturated carbocycles. The number of nitrogens with zero attached hydrogens (tertiary/aromatic N) is 2. The normalized spacial score (nSPS) is 11.4. The van der Waals surface area contributed by atoms with Gasteiger partial charge in [0.1, 0.15) is 6.54 Å². The van der Waals surface area contributed by atoms with E-state index >= 15 is 0 Å². The summed E-state index contributed by atoms with van der Waals surface area (Å²) >= 11 is 5.75. The Morgan fingerprint density at radius 1 is 1.32 bits per heavy atom. The molecule has 0 saturated heterocycles. The molecular weight excluding hydrogens is 328 g/mol. The zero-order valence-electron chi connectivity index (χ0n) is 12.0. The third kappa shape index (κ3) is 4.06. The lowest BCUT2D eigenvalue weighted by Crippen LogP contribution is -2.43. The molecule has 0 unspecified atom stereocenters. The molecule has 7 nitrogen and oxygen atoms in total. The molecule has 1 aromatic carbocycles. The fraction of sp³-hybridized carbons (Fsp3) is 0.231. The summed E-state index contributed by atoms with van der Waals surface area (Å²) in [7, 11) is -3.87. The molecule has 2 aromatic rings. The van der Waals surface area contributed by atoms with Crippen molar-refractivity contribution in [1.82, 2.24) is 20.0 Å². The average molecular weight is 343 g/mol. The minimum Gasteiger partial charge on any atom is -0.276 e. The van der Waals surface area contributed by atoms with E-state index in [0.717, 1.165) is 11.4 Å². The number of halogens is 1. The van der Waals surface area contributed by atoms with Crippen molar-refractivity contribution < 1.29 is 13.2 Å². The van der Waals surface area contributed by atoms with Gasteiger partial charge in [-0.2, -0.15) is 5.10 Å². The van der Waals surface area contributed by atoms with Crippen molar-refractivity contribution in [1.29, 1.82) is 0 Å². The number of carbonyl (C=O) groups excluding carboxylic acids is 1. The Balaban J connectivity index is 2.00. The maximum atomic E-state index is 12.0. The Morgan fingerprint density at radius 2 is 2.05 bits per heavy atom. The number of rotatable bonds is 5. The molecule has 0 radical (unpaired) electrons. The van der Waals surface area contributed by atoms with Crippen LogP contribution in [0.3, 0.4) is 0 Å². The van der Waals surface area contributed by atoms with Crippen LogP contribution in [0.4, 0.5) is 0 Å². The van der Waals surface area contributed by atoms with E-state index in [1.807, 2.05) is 24.7 Å². The van der Waals surface area contributed by atoms with Crippen molar-refractivity contribution in [3.05, 3.63) is 46.7 Å². The van der Waals surface area contributed by atoms with Gasteiger partial charge in [0, 0.05) is 10.7 Å². The van der Waals surface area contributed by atoms with Gasteiger partial charge in [-0.3, -0.25) is 14.9 Å². The van der Waals surface area contributed by atoms with Gasteiger partial charge in [-0.25, -0.2) is 8.42 Å². The summed E-state index contributed by atoms with van der Waals surface area (Å²) in [4.78, 5) is 13.8. The summed E-state index contributed by atoms with van der Waals surface area (Å²) in [6.45, 7) is 3.53. The molecule has 1 aromatic heterocycles. The standard InChI is InChI=1S/C13H15ClN4O3S/c1-9-6-10(2)18(16-9)8-13(19)15-17-22(20,21)12-5-3-4-11(14)7-12/h3-7,17H,8H2,1-2H3,(H,15,19). The van der Waals surface area contributed by atoms with Crippen LogP contribution in [0.2, 0.25) is 5.02 Å². The number of nitrogens with one attached hydrogen (secondary N) is 2. The molecule has 0 aliphatic heterocycles. The minimum atomic E-state index is -3.87. The first-order valence-corrected chi connectivity index (χ1v) is 8.21. The number of hydrogen-bond acceptors (Lipinski definition) is 4. The predicted octanol–water partition coefficient (Wildman–Crippen LogP) is 1.16. The van der Waals surface area contributed by atoms with E-state index in [0.29, 0.717) is 0 Å². The molecule has 1 amide bonds. The highest BCUT2D eigenvalue weighted by molar-refractivity contribution is 7.89. The van der Waals surface area contributed by atoms with Crippen LogP contribution in [-0.2, 0) is 21.4 Å². The molecule has 0 fully saturated rings. The van der Waals surface area contributed by atoms with Gasteiger partial charge in [0.25, 0.3) is 15.9 Å². The van der Waals surface area contributed by atoms with E-state index in [1.54, 1.807) is 6.07 Å². The second kappa shape index (κ2) is 6.47. The van der Waals surface area contributed by atoms with Crippen LogP contribution in [0, 0.1) is 13.8 Å². The molecular formula is C13H15ClN4O3S. The number of hydrazine groups is 1. The molecule has 1 heterocycles. The van der Waals surface area contributed by atoms with Crippen LogP contribution in [0.1, 0.15) is 11.4 Å². The molecule has 0 aliphatic rings. The lowest BCUT2D eigenvalue weighted by Gasteiger charge is -2.09. The summed E-state index contributed by atoms with van der Waals surface area (Å²) < 4.78 is 25.5. The number of sulfonamides is 1. The van der Waals surface area contributed by atoms with Crippen molar-refractivity contribution >= 4 is 27.5 Å². The largest absolute Gasteiger partial charge is 0.276 e. The zero-order valence-corrected chi connectivity index (χ0v) is 13.6. The average Bonchev–Trinajstić information content (AvgIpc) is 2.75. The molecule has 0 atom stereocenters. The van der Waals surface area contributed by atoms with Gasteiger partial charge in [0.2, 0.25) is 0 Å². The first-order valence-electron chi connectivity index (χ1n) is 6.35. The fourth-order valence-corrected chi connectivity index (χ4v) is 2.99. The quantitative estimate of drug-likeness (QED) is 0.797. The van der Waals surface area contributed by atoms with E-state index < -0.39 is 15.9 Å². The van der Waals surface area contributed by atoms with Gasteiger partial charge in [-0.15, -0.1) is 4.83 Å². The van der Waals surface area contributed by atoms with Gasteiger partial charge in [0.05, 0.1) is 10.6 Å². The molecule has 118 valence electrons. The van der Waals surface area contributed by atoms with E-state index in [2.05, 4.69) is 10.5 Å². The first kappa shape index (κ1) is 16.5. The molecule has 22 heavy (non-hydrogen) atoms. The SMILES string of the molecule is Cc1cc(C)n(CC(=O)NNS(=O)(=O)c2cccc(Cl)c2)n1. The topological polar surface area (TPSA) is 93.1 Å². The maximum Gasteiger partial charge on any atom is 0.257 e. The van der Waals surface area contributed by atoms with Crippen molar-refractivity contribution in [3.63, 3.8) is 0 Å². The number of benzene rings is 1. The monoisotopic (exact) mass is 342 g/mol. The number of amides is 1. The Labute approximate surface area is 133 Å². The number of aromatic nitrogens is 2. The van der Waals surface area contributed by atoms with Crippen molar-refractivity contribution in [2.45, 2.75) is 25.3 Å². The van der Waals surface area contributed by atoms with Crippen LogP contribution in [-0.4, -0.2) is 24.1 Å². The maximum absolute atomic E-state index is 12.0. The van der Waals surface area contributed by atoms with Gasteiger partial charge in [0.15, 0.2) is 0 Å². The van der Waals surface area contributed by atoms with E-state index in [9.17, 15) is 13.2 Å². The molecule has 2 N–H and O–H groups in total. The lowest BCUT2D eigenvalue weighted by molar-refractivity contribution is -0.122. The van der Waals surface area contributed by atoms with Crippen LogP contribution in [0.15, 0.2) is 35.2 Å². The van der Waals surface area contributed by atoms with E-state index in [4.69, 9.17) is 11.6 Å². The molecule has 0 spiro atoms. The summed E-state index contributed by atoms with van der Waals surface area (Å²) in [5.41, 5.74) is 3.74. The van der Waals surface area contributed by atoms with E-state index in [-0.39, 0.29) is 16.5 Å². The Morgan fingerprint density at radius 3 is 2.64 bits per heavy atom. The molecule has 0 bridgehead atoms. The Hall–Kier alpha value is -1.90. The summed E-state index contributed by atoms with van der Waals surface area (Å²) in [5, 5.41) is 4.41. The minimum absolute atomic E-state index is 0.0357. The summed E-state index contributed by atoms with van der Waals surface area (Å²) in [6, 6.07) is 7.55. The molecule has 0 aliphatic carbocycles. The van der Waals surface area contributed by atoms with Crippen LogP contribution in [0.5, 0.6) is 0 Å². The number of hydrogen-bond donors (Lipinski definition) is 2. The lowest BCUT2D eigenvalue weighted by atomic mass is 10.4. The third-order valence-corrected chi connectivity index (χ3v) is 4.31. The van der Waals surface area contributed by atoms with Crippen molar-refractivity contribution in [3.8, 4) is 0 Å². The number of carbonyl (C=O) groups is 1. The predicted molar refractivity (Wildman–Crippen MR) is 81.6 cm³/mol. The highest BCUT2D eigenvalue weighted by Gasteiger charge is 2.16.